The van der Waals surface area contributed by atoms with Gasteiger partial charge in [-0.25, -0.2) is 0 Å². The standard InChI is InChI=1S/C28H45BN6O3/c1-3-6-33-8-10-34(11-9-33)18-26(36)20-13-22(29)16-24(30)25(14-20)32-23-5-4-7-35(17-23)28(38)21-12-19(2)31-27(37)15-21/h13-14,16,19-21,23,32H,3-12,15,17-18,29-30H2,1-2H3,(H,31,37)/t19-,20?,21+,23+/m0/s1. The third-order valence-corrected chi connectivity index (χ3v) is 8.16. The van der Waals surface area contributed by atoms with Crippen LogP contribution in [0.4, 0.5) is 0 Å². The number of carbonyl (C=O) groups is 3. The van der Waals surface area contributed by atoms with Crippen LogP contribution in [0.2, 0.25) is 0 Å². The summed E-state index contributed by atoms with van der Waals surface area (Å²) in [4.78, 5) is 45.2. The first-order chi connectivity index (χ1) is 18.2. The normalized spacial score (nSPS) is 29.5. The van der Waals surface area contributed by atoms with E-state index >= 15 is 0 Å². The summed E-state index contributed by atoms with van der Waals surface area (Å²) in [6.07, 6.45) is 9.80. The number of nitrogens with two attached hydrogens (primary N) is 1. The summed E-state index contributed by atoms with van der Waals surface area (Å²) in [6.45, 7) is 10.9. The van der Waals surface area contributed by atoms with Gasteiger partial charge in [0.25, 0.3) is 0 Å². The second-order valence-electron chi connectivity index (χ2n) is 11.6. The van der Waals surface area contributed by atoms with Crippen molar-refractivity contribution in [2.75, 3.05) is 52.4 Å². The highest BCUT2D eigenvalue weighted by atomic mass is 16.2. The first-order valence-electron chi connectivity index (χ1n) is 14.4. The first-order valence-corrected chi connectivity index (χ1v) is 14.4. The van der Waals surface area contributed by atoms with Gasteiger partial charge in [0.1, 0.15) is 7.85 Å². The van der Waals surface area contributed by atoms with Crippen molar-refractivity contribution in [2.45, 2.75) is 58.0 Å². The van der Waals surface area contributed by atoms with E-state index in [0.717, 1.165) is 63.2 Å². The molecule has 3 saturated heterocycles. The molecule has 2 amide bonds. The minimum absolute atomic E-state index is 0.0235. The van der Waals surface area contributed by atoms with Gasteiger partial charge in [-0.2, -0.15) is 0 Å². The number of hydrogen-bond donors (Lipinski definition) is 3. The van der Waals surface area contributed by atoms with Crippen LogP contribution in [0.15, 0.2) is 35.1 Å². The molecule has 3 fully saturated rings. The zero-order valence-electron chi connectivity index (χ0n) is 23.4. The fourth-order valence-electron chi connectivity index (χ4n) is 6.20. The van der Waals surface area contributed by atoms with E-state index in [1.165, 1.54) is 0 Å². The van der Waals surface area contributed by atoms with Crippen LogP contribution in [0.25, 0.3) is 0 Å². The van der Waals surface area contributed by atoms with E-state index in [4.69, 9.17) is 5.73 Å². The molecule has 3 aliphatic heterocycles. The summed E-state index contributed by atoms with van der Waals surface area (Å²) in [5.41, 5.74) is 8.82. The molecule has 0 spiro atoms. The third-order valence-electron chi connectivity index (χ3n) is 8.16. The number of amides is 2. The van der Waals surface area contributed by atoms with E-state index in [2.05, 4.69) is 27.4 Å². The van der Waals surface area contributed by atoms with E-state index in [1.54, 1.807) is 0 Å². The molecule has 4 N–H and O–H groups in total. The number of piperidine rings is 2. The summed E-state index contributed by atoms with van der Waals surface area (Å²) in [5.74, 6) is -0.386. The quantitative estimate of drug-likeness (QED) is 0.382. The van der Waals surface area contributed by atoms with Crippen molar-refractivity contribution in [3.8, 4) is 0 Å². The molecule has 4 aliphatic rings. The number of Topliss-reactive ketones (excluding diaryl/α,β-unsaturated/α-hetero) is 1. The van der Waals surface area contributed by atoms with E-state index < -0.39 is 0 Å². The van der Waals surface area contributed by atoms with Crippen LogP contribution in [-0.2, 0) is 14.4 Å². The molecule has 0 aromatic carbocycles. The highest BCUT2D eigenvalue weighted by molar-refractivity contribution is 6.23. The Morgan fingerprint density at radius 1 is 1.16 bits per heavy atom. The highest BCUT2D eigenvalue weighted by Gasteiger charge is 2.34. The van der Waals surface area contributed by atoms with Crippen molar-refractivity contribution in [2.24, 2.45) is 17.6 Å². The Hall–Kier alpha value is -2.59. The van der Waals surface area contributed by atoms with Crippen LogP contribution in [0.5, 0.6) is 0 Å². The van der Waals surface area contributed by atoms with Gasteiger partial charge < -0.3 is 26.2 Å². The van der Waals surface area contributed by atoms with Crippen LogP contribution >= 0.6 is 0 Å². The molecule has 10 heteroatoms. The summed E-state index contributed by atoms with van der Waals surface area (Å²) in [6, 6.07) is 0.0666. The number of allylic oxidation sites excluding steroid dienone is 4. The monoisotopic (exact) mass is 524 g/mol. The minimum atomic E-state index is -0.341. The van der Waals surface area contributed by atoms with Crippen molar-refractivity contribution < 1.29 is 14.4 Å². The van der Waals surface area contributed by atoms with Gasteiger partial charge >= 0.3 is 0 Å². The average Bonchev–Trinajstić information content (AvgIpc) is 3.02. The third kappa shape index (κ3) is 7.50. The van der Waals surface area contributed by atoms with Crippen molar-refractivity contribution in [1.82, 2.24) is 25.3 Å². The maximum Gasteiger partial charge on any atom is 0.226 e. The number of ketones is 1. The van der Waals surface area contributed by atoms with Crippen LogP contribution in [-0.4, -0.2) is 105 Å². The fraction of sp³-hybridized carbons (Fsp3) is 0.679. The van der Waals surface area contributed by atoms with Crippen LogP contribution in [0.1, 0.15) is 46.0 Å². The molecule has 0 bridgehead atoms. The molecule has 0 radical (unpaired) electrons. The molecule has 0 aromatic heterocycles. The summed E-state index contributed by atoms with van der Waals surface area (Å²) in [7, 11) is 1.98. The lowest BCUT2D eigenvalue weighted by Crippen LogP contribution is -2.52. The molecule has 1 aliphatic carbocycles. The van der Waals surface area contributed by atoms with Gasteiger partial charge in [0, 0.05) is 63.7 Å². The van der Waals surface area contributed by atoms with E-state index in [9.17, 15) is 14.4 Å². The molecule has 9 nitrogen and oxygen atoms in total. The lowest BCUT2D eigenvalue weighted by molar-refractivity contribution is -0.141. The van der Waals surface area contributed by atoms with Gasteiger partial charge in [-0.3, -0.25) is 19.3 Å². The fourth-order valence-corrected chi connectivity index (χ4v) is 6.20. The van der Waals surface area contributed by atoms with Crippen molar-refractivity contribution in [1.29, 1.82) is 0 Å². The van der Waals surface area contributed by atoms with E-state index in [1.807, 2.05) is 37.9 Å². The van der Waals surface area contributed by atoms with Gasteiger partial charge in [0.05, 0.1) is 23.9 Å². The Balaban J connectivity index is 1.37. The number of nitrogens with one attached hydrogen (secondary N) is 2. The lowest BCUT2D eigenvalue weighted by Gasteiger charge is -2.37. The zero-order chi connectivity index (χ0) is 27.2. The Morgan fingerprint density at radius 2 is 1.89 bits per heavy atom. The lowest BCUT2D eigenvalue weighted by atomic mass is 9.90. The predicted molar refractivity (Wildman–Crippen MR) is 152 cm³/mol. The molecular formula is C28H45BN6O3. The molecular weight excluding hydrogens is 479 g/mol. The Morgan fingerprint density at radius 3 is 2.61 bits per heavy atom. The number of piperazine rings is 1. The van der Waals surface area contributed by atoms with Crippen LogP contribution < -0.4 is 16.4 Å². The SMILES string of the molecule is BC1=CC(C(=O)CN2CCN(CCC)CC2)C=C(N[C@@H]2CCCN(C(=O)[C@H]3CC(=O)N[C@@H](C)C3)C2)C(N)=C1. The topological polar surface area (TPSA) is 111 Å². The smallest absolute Gasteiger partial charge is 0.226 e. The van der Waals surface area contributed by atoms with Crippen molar-refractivity contribution in [3.05, 3.63) is 35.1 Å². The van der Waals surface area contributed by atoms with Gasteiger partial charge in [0.2, 0.25) is 11.8 Å². The van der Waals surface area contributed by atoms with Gasteiger partial charge in [0.15, 0.2) is 5.78 Å². The number of hydrogen-bond acceptors (Lipinski definition) is 7. The Labute approximate surface area is 228 Å². The molecule has 4 atom stereocenters. The number of nitrogens with zero attached hydrogens (tertiary/aromatic N) is 3. The first kappa shape index (κ1) is 28.4. The minimum Gasteiger partial charge on any atom is -0.397 e. The molecule has 3 heterocycles. The van der Waals surface area contributed by atoms with Crippen LogP contribution in [0.3, 0.4) is 0 Å². The van der Waals surface area contributed by atoms with Crippen LogP contribution in [0, 0.1) is 11.8 Å². The van der Waals surface area contributed by atoms with E-state index in [-0.39, 0.29) is 47.9 Å². The summed E-state index contributed by atoms with van der Waals surface area (Å²) in [5, 5.41) is 6.47. The summed E-state index contributed by atoms with van der Waals surface area (Å²) >= 11 is 0. The highest BCUT2D eigenvalue weighted by Crippen LogP contribution is 2.24. The molecule has 4 rings (SSSR count). The van der Waals surface area contributed by atoms with E-state index in [0.29, 0.717) is 31.8 Å². The van der Waals surface area contributed by atoms with Gasteiger partial charge in [-0.15, -0.1) is 0 Å². The second-order valence-corrected chi connectivity index (χ2v) is 11.6. The van der Waals surface area contributed by atoms with Crippen molar-refractivity contribution in [3.63, 3.8) is 0 Å². The second kappa shape index (κ2) is 13.0. The van der Waals surface area contributed by atoms with Crippen molar-refractivity contribution >= 4 is 25.4 Å². The molecule has 38 heavy (non-hydrogen) atoms. The zero-order valence-corrected chi connectivity index (χ0v) is 23.4. The predicted octanol–water partition coefficient (Wildman–Crippen LogP) is -0.0483. The number of rotatable bonds is 8. The number of carbonyl (C=O) groups excluding carboxylic acids is 3. The maximum absolute atomic E-state index is 13.4. The van der Waals surface area contributed by atoms with Gasteiger partial charge in [-0.1, -0.05) is 18.5 Å². The Bertz CT molecular complexity index is 987. The molecule has 0 aromatic rings. The summed E-state index contributed by atoms with van der Waals surface area (Å²) < 4.78 is 0. The number of likely N-dealkylation sites (tertiary alicyclic amines) is 1. The Kier molecular flexibility index (Phi) is 9.71. The van der Waals surface area contributed by atoms with Gasteiger partial charge in [-0.05, 0) is 51.3 Å². The molecule has 208 valence electrons. The molecule has 1 unspecified atom stereocenters. The maximum atomic E-state index is 13.4. The average molecular weight is 525 g/mol. The largest absolute Gasteiger partial charge is 0.397 e. The molecule has 0 saturated carbocycles.